The predicted molar refractivity (Wildman–Crippen MR) is 436 cm³/mol. The van der Waals surface area contributed by atoms with Crippen molar-refractivity contribution < 1.29 is 80.2 Å². The molecular formula is C87H142O17P2. The van der Waals surface area contributed by atoms with Crippen molar-refractivity contribution >= 4 is 39.5 Å². The lowest BCUT2D eigenvalue weighted by atomic mass is 10.1. The van der Waals surface area contributed by atoms with Gasteiger partial charge in [-0.05, 0) is 154 Å². The Morgan fingerprint density at radius 3 is 0.811 bits per heavy atom. The number of aliphatic hydroxyl groups excluding tert-OH is 1. The zero-order valence-electron chi connectivity index (χ0n) is 65.8. The topological polar surface area (TPSA) is 237 Å². The summed E-state index contributed by atoms with van der Waals surface area (Å²) in [5.74, 6) is -2.32. The first kappa shape index (κ1) is 100. The number of ether oxygens (including phenoxy) is 4. The summed E-state index contributed by atoms with van der Waals surface area (Å²) >= 11 is 0. The molecule has 0 bridgehead atoms. The molecule has 5 atom stereocenters. The minimum Gasteiger partial charge on any atom is -0.462 e. The van der Waals surface area contributed by atoms with Gasteiger partial charge in [-0.1, -0.05) is 288 Å². The summed E-state index contributed by atoms with van der Waals surface area (Å²) in [6.07, 6.45) is 92.0. The highest BCUT2D eigenvalue weighted by Gasteiger charge is 2.30. The van der Waals surface area contributed by atoms with Crippen LogP contribution in [0.25, 0.3) is 0 Å². The average molecular weight is 1520 g/mol. The molecule has 19 heteroatoms. The van der Waals surface area contributed by atoms with Crippen molar-refractivity contribution in [2.45, 2.75) is 316 Å². The van der Waals surface area contributed by atoms with E-state index in [0.717, 1.165) is 212 Å². The molecule has 0 aliphatic rings. The van der Waals surface area contributed by atoms with Gasteiger partial charge in [-0.2, -0.15) is 0 Å². The number of aliphatic hydroxyl groups is 1. The summed E-state index contributed by atoms with van der Waals surface area (Å²) in [4.78, 5) is 73.1. The van der Waals surface area contributed by atoms with Gasteiger partial charge >= 0.3 is 39.5 Å². The lowest BCUT2D eigenvalue weighted by Crippen LogP contribution is -2.30. The van der Waals surface area contributed by atoms with Gasteiger partial charge in [-0.3, -0.25) is 37.3 Å². The lowest BCUT2D eigenvalue weighted by Gasteiger charge is -2.21. The summed E-state index contributed by atoms with van der Waals surface area (Å²) < 4.78 is 68.6. The Morgan fingerprint density at radius 2 is 0.509 bits per heavy atom. The largest absolute Gasteiger partial charge is 0.472 e. The number of unbranched alkanes of at least 4 members (excludes halogenated alkanes) is 20. The van der Waals surface area contributed by atoms with Crippen molar-refractivity contribution in [2.75, 3.05) is 39.6 Å². The fourth-order valence-electron chi connectivity index (χ4n) is 10.1. The van der Waals surface area contributed by atoms with Crippen LogP contribution in [0.2, 0.25) is 0 Å². The maximum atomic E-state index is 13.1. The van der Waals surface area contributed by atoms with Crippen LogP contribution in [0, 0.1) is 0 Å². The van der Waals surface area contributed by atoms with E-state index in [4.69, 9.17) is 37.0 Å². The molecule has 602 valence electrons. The molecule has 0 fully saturated rings. The van der Waals surface area contributed by atoms with Gasteiger partial charge in [0.05, 0.1) is 26.4 Å². The summed E-state index contributed by atoms with van der Waals surface area (Å²) in [5.41, 5.74) is 0. The fourth-order valence-corrected chi connectivity index (χ4v) is 11.7. The molecule has 0 aliphatic carbocycles. The van der Waals surface area contributed by atoms with E-state index in [0.29, 0.717) is 32.1 Å². The van der Waals surface area contributed by atoms with Crippen LogP contribution in [0.4, 0.5) is 0 Å². The molecule has 0 aliphatic heterocycles. The summed E-state index contributed by atoms with van der Waals surface area (Å²) in [6.45, 7) is 4.35. The van der Waals surface area contributed by atoms with Crippen molar-refractivity contribution in [3.8, 4) is 0 Å². The molecule has 0 aromatic carbocycles. The van der Waals surface area contributed by atoms with Gasteiger partial charge in [0.15, 0.2) is 12.2 Å². The number of rotatable bonds is 74. The molecule has 0 rings (SSSR count). The van der Waals surface area contributed by atoms with Crippen molar-refractivity contribution in [2.24, 2.45) is 0 Å². The van der Waals surface area contributed by atoms with Crippen molar-refractivity contribution in [3.63, 3.8) is 0 Å². The van der Waals surface area contributed by atoms with Crippen molar-refractivity contribution in [3.05, 3.63) is 170 Å². The Morgan fingerprint density at radius 1 is 0.274 bits per heavy atom. The Balaban J connectivity index is 5.45. The third-order valence-electron chi connectivity index (χ3n) is 16.2. The molecule has 0 aromatic rings. The monoisotopic (exact) mass is 1520 g/mol. The van der Waals surface area contributed by atoms with E-state index in [-0.39, 0.29) is 25.7 Å². The van der Waals surface area contributed by atoms with Crippen LogP contribution in [0.1, 0.15) is 297 Å². The molecule has 3 N–H and O–H groups in total. The second kappa shape index (κ2) is 77.6. The number of allylic oxidation sites excluding steroid dienone is 28. The maximum absolute atomic E-state index is 13.1. The number of phosphoric ester groups is 2. The number of carbonyl (C=O) groups excluding carboxylic acids is 4. The molecule has 0 saturated carbocycles. The first-order chi connectivity index (χ1) is 51.7. The lowest BCUT2D eigenvalue weighted by molar-refractivity contribution is -0.161. The van der Waals surface area contributed by atoms with Gasteiger partial charge in [0.2, 0.25) is 0 Å². The SMILES string of the molecule is CC/C=C\C/C=C\C/C=C\C/C=C\C/C=C\C/C=C\CCC(=O)OCC(COP(=O)(O)OCC(O)COP(=O)(O)OCC(COC(=O)CCCCCCCCC/C=C\C/C=C\C/C=C\CC)OC(=O)CCCCCCCCC/C=C\C/C=C\C/C=C\CC)OC(=O)CCCCCCC/C=C\C/C=C\CCC. The van der Waals surface area contributed by atoms with Crippen LogP contribution < -0.4 is 0 Å². The molecule has 0 aromatic heterocycles. The number of hydrogen-bond donors (Lipinski definition) is 3. The van der Waals surface area contributed by atoms with Crippen LogP contribution in [0.3, 0.4) is 0 Å². The second-order valence-corrected chi connectivity index (χ2v) is 29.1. The molecule has 0 radical (unpaired) electrons. The first-order valence-corrected chi connectivity index (χ1v) is 43.4. The quantitative estimate of drug-likeness (QED) is 0.0169. The van der Waals surface area contributed by atoms with E-state index in [1.165, 1.54) is 0 Å². The standard InChI is InChI=1S/C87H142O17P2/c1-5-9-13-17-21-25-29-33-36-39-40-43-45-49-52-56-60-64-68-72-85(90)97-77-82(103-86(91)73-69-65-61-57-53-47-32-28-24-20-16-12-8-4)79-101-105(93,94)99-75-81(88)76-100-106(95,96)102-80-83(104-87(92)74-70-66-62-58-54-50-46-42-38-35-31-27-23-19-15-11-7-3)78-98-84(89)71-67-63-59-55-51-48-44-41-37-34-30-26-22-18-14-10-6-2/h9-11,13-16,20-23,25-28,32-38,40,43,49,52,60,64,81-83,88H,5-8,12,17-19,24,29-31,39,41-42,44-48,50-51,53-59,61-63,65-80H2,1-4H3,(H,93,94)(H,95,96)/b13-9-,14-10-,15-11-,20-16-,25-21-,26-22-,27-23-,32-28-,36-33-,37-34-,38-35-,43-40-,52-49-,64-60-. The highest BCUT2D eigenvalue weighted by Crippen LogP contribution is 2.45. The zero-order chi connectivity index (χ0) is 77.4. The first-order valence-electron chi connectivity index (χ1n) is 40.4. The molecule has 0 saturated heterocycles. The summed E-state index contributed by atoms with van der Waals surface area (Å²) in [5, 5.41) is 10.6. The third kappa shape index (κ3) is 76.6. The van der Waals surface area contributed by atoms with Gasteiger partial charge in [0.1, 0.15) is 19.3 Å². The van der Waals surface area contributed by atoms with Gasteiger partial charge in [-0.25, -0.2) is 9.13 Å². The summed E-state index contributed by atoms with van der Waals surface area (Å²) in [6, 6.07) is 0. The van der Waals surface area contributed by atoms with Gasteiger partial charge in [0.25, 0.3) is 0 Å². The Labute approximate surface area is 642 Å². The minimum absolute atomic E-state index is 0.0278. The molecule has 5 unspecified atom stereocenters. The maximum Gasteiger partial charge on any atom is 0.472 e. The molecular weight excluding hydrogens is 1380 g/mol. The smallest absolute Gasteiger partial charge is 0.462 e. The fraction of sp³-hybridized carbons (Fsp3) is 0.632. The number of hydrogen-bond acceptors (Lipinski definition) is 15. The Hall–Kier alpha value is -5.58. The highest BCUT2D eigenvalue weighted by molar-refractivity contribution is 7.47. The van der Waals surface area contributed by atoms with Crippen molar-refractivity contribution in [1.29, 1.82) is 0 Å². The molecule has 106 heavy (non-hydrogen) atoms. The van der Waals surface area contributed by atoms with Crippen LogP contribution in [0.5, 0.6) is 0 Å². The van der Waals surface area contributed by atoms with Crippen LogP contribution >= 0.6 is 15.6 Å². The van der Waals surface area contributed by atoms with Gasteiger partial charge in [0, 0.05) is 25.7 Å². The molecule has 0 spiro atoms. The van der Waals surface area contributed by atoms with E-state index in [1.807, 2.05) is 18.2 Å². The average Bonchev–Trinajstić information content (AvgIpc) is 0.900. The van der Waals surface area contributed by atoms with Crippen LogP contribution in [0.15, 0.2) is 170 Å². The van der Waals surface area contributed by atoms with Crippen molar-refractivity contribution in [1.82, 2.24) is 0 Å². The predicted octanol–water partition coefficient (Wildman–Crippen LogP) is 23.8. The molecule has 0 heterocycles. The minimum atomic E-state index is -5.01. The van der Waals surface area contributed by atoms with E-state index in [9.17, 15) is 43.2 Å². The number of carbonyl (C=O) groups is 4. The normalized spacial score (nSPS) is 14.7. The second-order valence-electron chi connectivity index (χ2n) is 26.2. The van der Waals surface area contributed by atoms with Gasteiger partial charge < -0.3 is 33.8 Å². The van der Waals surface area contributed by atoms with E-state index in [1.54, 1.807) is 0 Å². The zero-order valence-corrected chi connectivity index (χ0v) is 67.6. The van der Waals surface area contributed by atoms with Crippen LogP contribution in [-0.4, -0.2) is 96.7 Å². The van der Waals surface area contributed by atoms with E-state index < -0.39 is 97.5 Å². The summed E-state index contributed by atoms with van der Waals surface area (Å²) in [7, 11) is -10.0. The van der Waals surface area contributed by atoms with Crippen LogP contribution in [-0.2, 0) is 65.4 Å². The Kier molecular flexibility index (Phi) is 73.5. The van der Waals surface area contributed by atoms with Gasteiger partial charge in [-0.15, -0.1) is 0 Å². The molecule has 17 nitrogen and oxygen atoms in total. The third-order valence-corrected chi connectivity index (χ3v) is 18.1. The number of phosphoric acid groups is 2. The Bertz CT molecular complexity index is 2680. The van der Waals surface area contributed by atoms with E-state index >= 15 is 0 Å². The number of esters is 4. The highest BCUT2D eigenvalue weighted by atomic mass is 31.2. The molecule has 0 amide bonds. The van der Waals surface area contributed by atoms with E-state index in [2.05, 4.69) is 180 Å².